The van der Waals surface area contributed by atoms with E-state index >= 15 is 0 Å². The van der Waals surface area contributed by atoms with E-state index < -0.39 is 0 Å². The fourth-order valence-corrected chi connectivity index (χ4v) is 4.08. The molecule has 26 heavy (non-hydrogen) atoms. The van der Waals surface area contributed by atoms with Crippen LogP contribution in [-0.4, -0.2) is 51.3 Å². The molecular formula is C18H27N3O4S. The topological polar surface area (TPSA) is 81.5 Å². The highest BCUT2D eigenvalue weighted by atomic mass is 32.2. The van der Waals surface area contributed by atoms with Crippen LogP contribution in [0.1, 0.15) is 38.8 Å². The number of amides is 1. The van der Waals surface area contributed by atoms with Crippen LogP contribution in [0.2, 0.25) is 0 Å². The van der Waals surface area contributed by atoms with Crippen LogP contribution in [0.15, 0.2) is 16.0 Å². The summed E-state index contributed by atoms with van der Waals surface area (Å²) in [6.07, 6.45) is 1.91. The van der Waals surface area contributed by atoms with Crippen molar-refractivity contribution in [1.29, 1.82) is 0 Å². The largest absolute Gasteiger partial charge is 0.466 e. The normalized spacial score (nSPS) is 16.4. The van der Waals surface area contributed by atoms with Crippen molar-refractivity contribution in [3.8, 4) is 0 Å². The Kier molecular flexibility index (Phi) is 7.25. The van der Waals surface area contributed by atoms with Gasteiger partial charge in [0.05, 0.1) is 17.8 Å². The molecule has 2 heterocycles. The summed E-state index contributed by atoms with van der Waals surface area (Å²) in [4.78, 5) is 42.9. The molecule has 1 atom stereocenters. The molecule has 0 saturated carbocycles. The van der Waals surface area contributed by atoms with Gasteiger partial charge in [0, 0.05) is 31.9 Å². The van der Waals surface area contributed by atoms with Gasteiger partial charge in [-0.2, -0.15) is 0 Å². The maximum absolute atomic E-state index is 12.9. The van der Waals surface area contributed by atoms with E-state index in [2.05, 4.69) is 4.98 Å². The number of rotatable bonds is 6. The zero-order valence-corrected chi connectivity index (χ0v) is 16.7. The number of likely N-dealkylation sites (tertiary alicyclic amines) is 1. The van der Waals surface area contributed by atoms with Crippen LogP contribution in [0, 0.1) is 12.8 Å². The number of hydrogen-bond donors (Lipinski definition) is 0. The Bertz CT molecular complexity index is 711. The molecule has 144 valence electrons. The molecule has 1 aromatic rings. The Labute approximate surface area is 158 Å². The van der Waals surface area contributed by atoms with Crippen LogP contribution in [0.4, 0.5) is 0 Å². The molecule has 0 N–H and O–H groups in total. The molecule has 1 unspecified atom stereocenters. The summed E-state index contributed by atoms with van der Waals surface area (Å²) < 4.78 is 6.55. The molecule has 7 nitrogen and oxygen atoms in total. The Morgan fingerprint density at radius 2 is 2.00 bits per heavy atom. The summed E-state index contributed by atoms with van der Waals surface area (Å²) in [5.74, 6) is -0.249. The predicted octanol–water partition coefficient (Wildman–Crippen LogP) is 1.76. The molecule has 0 aliphatic carbocycles. The fraction of sp³-hybridized carbons (Fsp3) is 0.667. The lowest BCUT2D eigenvalue weighted by Gasteiger charge is -2.33. The van der Waals surface area contributed by atoms with E-state index in [4.69, 9.17) is 4.74 Å². The van der Waals surface area contributed by atoms with E-state index in [1.54, 1.807) is 20.9 Å². The van der Waals surface area contributed by atoms with E-state index in [0.717, 1.165) is 0 Å². The Hall–Kier alpha value is -1.83. The van der Waals surface area contributed by atoms with Crippen LogP contribution in [0.25, 0.3) is 0 Å². The fourth-order valence-electron chi connectivity index (χ4n) is 2.97. The summed E-state index contributed by atoms with van der Waals surface area (Å²) in [6.45, 7) is 7.02. The summed E-state index contributed by atoms with van der Waals surface area (Å²) in [5, 5.41) is 0.255. The molecule has 0 bridgehead atoms. The minimum absolute atomic E-state index is 0.0376. The number of aryl methyl sites for hydroxylation is 1. The van der Waals surface area contributed by atoms with Crippen LogP contribution in [0.5, 0.6) is 0 Å². The van der Waals surface area contributed by atoms with Gasteiger partial charge in [-0.1, -0.05) is 18.7 Å². The quantitative estimate of drug-likeness (QED) is 0.424. The van der Waals surface area contributed by atoms with Crippen molar-refractivity contribution in [2.24, 2.45) is 13.0 Å². The number of hydrogen-bond acceptors (Lipinski definition) is 6. The first-order valence-electron chi connectivity index (χ1n) is 9.04. The van der Waals surface area contributed by atoms with Crippen molar-refractivity contribution in [2.75, 3.05) is 19.7 Å². The monoisotopic (exact) mass is 381 g/mol. The van der Waals surface area contributed by atoms with Crippen LogP contribution < -0.4 is 5.56 Å². The van der Waals surface area contributed by atoms with E-state index in [0.29, 0.717) is 49.8 Å². The molecule has 0 aromatic carbocycles. The van der Waals surface area contributed by atoms with E-state index in [-0.39, 0.29) is 28.6 Å². The zero-order chi connectivity index (χ0) is 19.3. The highest BCUT2D eigenvalue weighted by Gasteiger charge is 2.31. The second kappa shape index (κ2) is 9.21. The van der Waals surface area contributed by atoms with Crippen molar-refractivity contribution >= 4 is 23.6 Å². The SMILES string of the molecule is CCOC(=O)C1CCN(C(=O)C(CC)Sc2nc(C)cc(=O)n2C)CC1. The molecule has 1 aromatic heterocycles. The molecule has 1 aliphatic heterocycles. The first-order valence-corrected chi connectivity index (χ1v) is 9.92. The van der Waals surface area contributed by atoms with Crippen LogP contribution in [0.3, 0.4) is 0 Å². The molecule has 2 rings (SSSR count). The van der Waals surface area contributed by atoms with Gasteiger partial charge < -0.3 is 9.64 Å². The first kappa shape index (κ1) is 20.5. The highest BCUT2D eigenvalue weighted by molar-refractivity contribution is 8.00. The number of nitrogens with zero attached hydrogens (tertiary/aromatic N) is 3. The Morgan fingerprint density at radius 3 is 2.58 bits per heavy atom. The summed E-state index contributed by atoms with van der Waals surface area (Å²) in [5.41, 5.74) is 0.519. The van der Waals surface area contributed by atoms with Gasteiger partial charge in [-0.15, -0.1) is 0 Å². The lowest BCUT2D eigenvalue weighted by Crippen LogP contribution is -2.44. The molecule has 1 aliphatic rings. The van der Waals surface area contributed by atoms with Gasteiger partial charge in [-0.05, 0) is 33.1 Å². The number of ether oxygens (including phenoxy) is 1. The third-order valence-corrected chi connectivity index (χ3v) is 5.94. The first-order chi connectivity index (χ1) is 12.4. The number of esters is 1. The maximum atomic E-state index is 12.9. The van der Waals surface area contributed by atoms with Crippen LogP contribution in [-0.2, 0) is 21.4 Å². The molecule has 0 radical (unpaired) electrons. The van der Waals surface area contributed by atoms with Gasteiger partial charge >= 0.3 is 5.97 Å². The predicted molar refractivity (Wildman–Crippen MR) is 100 cm³/mol. The van der Waals surface area contributed by atoms with E-state index in [9.17, 15) is 14.4 Å². The van der Waals surface area contributed by atoms with Crippen molar-refractivity contribution < 1.29 is 14.3 Å². The summed E-state index contributed by atoms with van der Waals surface area (Å²) in [7, 11) is 1.67. The molecule has 1 amide bonds. The molecular weight excluding hydrogens is 354 g/mol. The van der Waals surface area contributed by atoms with E-state index in [1.165, 1.54) is 22.4 Å². The molecule has 1 fully saturated rings. The number of carbonyl (C=O) groups is 2. The standard InChI is InChI=1S/C18H27N3O4S/c1-5-14(26-18-19-12(3)11-15(22)20(18)4)16(23)21-9-7-13(8-10-21)17(24)25-6-2/h11,13-14H,5-10H2,1-4H3. The van der Waals surface area contributed by atoms with Crippen molar-refractivity contribution in [3.63, 3.8) is 0 Å². The minimum atomic E-state index is -0.297. The molecule has 1 saturated heterocycles. The lowest BCUT2D eigenvalue weighted by atomic mass is 9.96. The number of thioether (sulfide) groups is 1. The smallest absolute Gasteiger partial charge is 0.309 e. The average Bonchev–Trinajstić information content (AvgIpc) is 2.63. The van der Waals surface area contributed by atoms with Gasteiger partial charge in [-0.25, -0.2) is 4.98 Å². The Balaban J connectivity index is 2.02. The molecule has 0 spiro atoms. The van der Waals surface area contributed by atoms with Crippen LogP contribution >= 0.6 is 11.8 Å². The highest BCUT2D eigenvalue weighted by Crippen LogP contribution is 2.27. The van der Waals surface area contributed by atoms with Gasteiger partial charge in [-0.3, -0.25) is 19.0 Å². The molecule has 8 heteroatoms. The van der Waals surface area contributed by atoms with Gasteiger partial charge in [0.25, 0.3) is 5.56 Å². The lowest BCUT2D eigenvalue weighted by molar-refractivity contribution is -0.151. The summed E-state index contributed by atoms with van der Waals surface area (Å²) in [6, 6.07) is 1.48. The summed E-state index contributed by atoms with van der Waals surface area (Å²) >= 11 is 1.33. The van der Waals surface area contributed by atoms with Gasteiger partial charge in [0.1, 0.15) is 0 Å². The van der Waals surface area contributed by atoms with Crippen molar-refractivity contribution in [2.45, 2.75) is 50.4 Å². The minimum Gasteiger partial charge on any atom is -0.466 e. The number of piperidine rings is 1. The number of aromatic nitrogens is 2. The second-order valence-electron chi connectivity index (χ2n) is 6.44. The third-order valence-electron chi connectivity index (χ3n) is 4.54. The zero-order valence-electron chi connectivity index (χ0n) is 15.9. The Morgan fingerprint density at radius 1 is 1.35 bits per heavy atom. The number of carbonyl (C=O) groups excluding carboxylic acids is 2. The van der Waals surface area contributed by atoms with Crippen molar-refractivity contribution in [1.82, 2.24) is 14.5 Å². The second-order valence-corrected chi connectivity index (χ2v) is 7.61. The maximum Gasteiger partial charge on any atom is 0.309 e. The average molecular weight is 381 g/mol. The van der Waals surface area contributed by atoms with Crippen molar-refractivity contribution in [3.05, 3.63) is 22.1 Å². The van der Waals surface area contributed by atoms with Gasteiger partial charge in [0.2, 0.25) is 5.91 Å². The van der Waals surface area contributed by atoms with Gasteiger partial charge in [0.15, 0.2) is 5.16 Å². The van der Waals surface area contributed by atoms with E-state index in [1.807, 2.05) is 11.8 Å². The third kappa shape index (κ3) is 4.87.